The second kappa shape index (κ2) is 5.54. The minimum atomic E-state index is -0.125. The molecule has 3 N–H and O–H groups in total. The molecule has 0 aromatic heterocycles. The molecule has 0 saturated carbocycles. The summed E-state index contributed by atoms with van der Waals surface area (Å²) in [6.45, 7) is 0.482. The largest absolute Gasteiger partial charge is 0.508 e. The molecule has 2 aromatic rings. The van der Waals surface area contributed by atoms with E-state index in [2.05, 4.69) is 0 Å². The van der Waals surface area contributed by atoms with Crippen molar-refractivity contribution in [2.24, 2.45) is 5.73 Å². The molecule has 0 aliphatic rings. The van der Waals surface area contributed by atoms with Gasteiger partial charge in [-0.1, -0.05) is 12.1 Å². The van der Waals surface area contributed by atoms with Crippen LogP contribution < -0.4 is 10.6 Å². The van der Waals surface area contributed by atoms with Crippen molar-refractivity contribution < 1.29 is 9.90 Å². The third kappa shape index (κ3) is 2.92. The normalized spacial score (nSPS) is 10.2. The molecule has 0 atom stereocenters. The summed E-state index contributed by atoms with van der Waals surface area (Å²) in [4.78, 5) is 13.8. The van der Waals surface area contributed by atoms with Gasteiger partial charge in [-0.15, -0.1) is 0 Å². The number of hydrogen-bond donors (Lipinski definition) is 2. The average Bonchev–Trinajstić information content (AvgIpc) is 2.46. The molecule has 2 rings (SSSR count). The van der Waals surface area contributed by atoms with Crippen LogP contribution in [0.25, 0.3) is 0 Å². The highest BCUT2D eigenvalue weighted by atomic mass is 16.3. The van der Waals surface area contributed by atoms with Crippen molar-refractivity contribution in [3.63, 3.8) is 0 Å². The summed E-state index contributed by atoms with van der Waals surface area (Å²) in [5.74, 6) is 0.0204. The summed E-state index contributed by atoms with van der Waals surface area (Å²) in [5.41, 5.74) is 7.89. The van der Waals surface area contributed by atoms with Crippen LogP contribution in [-0.2, 0) is 6.54 Å². The van der Waals surface area contributed by atoms with Gasteiger partial charge in [-0.25, -0.2) is 0 Å². The number of rotatable bonds is 3. The van der Waals surface area contributed by atoms with Crippen LogP contribution >= 0.6 is 0 Å². The molecule has 1 amide bonds. The SMILES string of the molecule is CN(C(=O)c1ccc(O)cc1)c1ccc(CN)cc1. The quantitative estimate of drug-likeness (QED) is 0.884. The molecule has 0 spiro atoms. The Labute approximate surface area is 112 Å². The maximum Gasteiger partial charge on any atom is 0.258 e. The highest BCUT2D eigenvalue weighted by molar-refractivity contribution is 6.05. The predicted molar refractivity (Wildman–Crippen MR) is 75.2 cm³/mol. The van der Waals surface area contributed by atoms with Crippen molar-refractivity contribution in [3.8, 4) is 5.75 Å². The highest BCUT2D eigenvalue weighted by Gasteiger charge is 2.13. The van der Waals surface area contributed by atoms with Crippen molar-refractivity contribution in [1.82, 2.24) is 0 Å². The van der Waals surface area contributed by atoms with E-state index in [4.69, 9.17) is 5.73 Å². The van der Waals surface area contributed by atoms with Gasteiger partial charge in [0.15, 0.2) is 0 Å². The van der Waals surface area contributed by atoms with E-state index >= 15 is 0 Å². The van der Waals surface area contributed by atoms with E-state index in [1.54, 1.807) is 24.1 Å². The molecule has 0 aliphatic heterocycles. The predicted octanol–water partition coefficient (Wildman–Crippen LogP) is 2.13. The summed E-state index contributed by atoms with van der Waals surface area (Å²) in [5, 5.41) is 9.22. The first-order valence-corrected chi connectivity index (χ1v) is 5.98. The summed E-state index contributed by atoms with van der Waals surface area (Å²) >= 11 is 0. The maximum atomic E-state index is 12.2. The number of hydrogen-bond acceptors (Lipinski definition) is 3. The van der Waals surface area contributed by atoms with Crippen LogP contribution in [0.1, 0.15) is 15.9 Å². The molecule has 0 aliphatic carbocycles. The van der Waals surface area contributed by atoms with E-state index < -0.39 is 0 Å². The monoisotopic (exact) mass is 256 g/mol. The Morgan fingerprint density at radius 1 is 1.11 bits per heavy atom. The Hall–Kier alpha value is -2.33. The Kier molecular flexibility index (Phi) is 3.82. The van der Waals surface area contributed by atoms with Gasteiger partial charge in [0.1, 0.15) is 5.75 Å². The van der Waals surface area contributed by atoms with Crippen molar-refractivity contribution in [3.05, 3.63) is 59.7 Å². The highest BCUT2D eigenvalue weighted by Crippen LogP contribution is 2.17. The molecule has 0 unspecified atom stereocenters. The molecule has 0 saturated heterocycles. The Bertz CT molecular complexity index is 562. The zero-order valence-corrected chi connectivity index (χ0v) is 10.7. The first kappa shape index (κ1) is 13.1. The third-order valence-corrected chi connectivity index (χ3v) is 2.98. The number of amides is 1. The summed E-state index contributed by atoms with van der Waals surface area (Å²) < 4.78 is 0. The smallest absolute Gasteiger partial charge is 0.258 e. The van der Waals surface area contributed by atoms with Gasteiger partial charge >= 0.3 is 0 Å². The average molecular weight is 256 g/mol. The lowest BCUT2D eigenvalue weighted by Crippen LogP contribution is -2.26. The number of anilines is 1. The van der Waals surface area contributed by atoms with Gasteiger partial charge in [0.2, 0.25) is 0 Å². The molecule has 0 heterocycles. The van der Waals surface area contributed by atoms with Gasteiger partial charge in [-0.2, -0.15) is 0 Å². The van der Waals surface area contributed by atoms with Crippen LogP contribution in [0, 0.1) is 0 Å². The molecular formula is C15H16N2O2. The first-order valence-electron chi connectivity index (χ1n) is 5.98. The molecule has 0 fully saturated rings. The molecule has 4 heteroatoms. The molecule has 4 nitrogen and oxygen atoms in total. The Morgan fingerprint density at radius 2 is 1.68 bits per heavy atom. The van der Waals surface area contributed by atoms with Crippen molar-refractivity contribution in [2.45, 2.75) is 6.54 Å². The fourth-order valence-electron chi connectivity index (χ4n) is 1.77. The van der Waals surface area contributed by atoms with E-state index in [1.807, 2.05) is 24.3 Å². The van der Waals surface area contributed by atoms with Crippen LogP contribution in [0.5, 0.6) is 5.75 Å². The van der Waals surface area contributed by atoms with E-state index in [-0.39, 0.29) is 11.7 Å². The number of nitrogens with zero attached hydrogens (tertiary/aromatic N) is 1. The van der Waals surface area contributed by atoms with E-state index in [9.17, 15) is 9.90 Å². The number of phenolic OH excluding ortho intramolecular Hbond substituents is 1. The van der Waals surface area contributed by atoms with Gasteiger partial charge in [0.05, 0.1) is 0 Å². The van der Waals surface area contributed by atoms with Crippen molar-refractivity contribution in [2.75, 3.05) is 11.9 Å². The minimum absolute atomic E-state index is 0.125. The molecule has 98 valence electrons. The zero-order valence-electron chi connectivity index (χ0n) is 10.7. The van der Waals surface area contributed by atoms with E-state index in [1.165, 1.54) is 12.1 Å². The Morgan fingerprint density at radius 3 is 2.21 bits per heavy atom. The molecule has 0 radical (unpaired) electrons. The topological polar surface area (TPSA) is 66.6 Å². The summed E-state index contributed by atoms with van der Waals surface area (Å²) in [6, 6.07) is 13.7. The second-order valence-electron chi connectivity index (χ2n) is 4.28. The van der Waals surface area contributed by atoms with Gasteiger partial charge in [0.25, 0.3) is 5.91 Å². The number of benzene rings is 2. The third-order valence-electron chi connectivity index (χ3n) is 2.98. The zero-order chi connectivity index (χ0) is 13.8. The lowest BCUT2D eigenvalue weighted by Gasteiger charge is -2.17. The van der Waals surface area contributed by atoms with E-state index in [0.29, 0.717) is 12.1 Å². The van der Waals surface area contributed by atoms with Crippen LogP contribution in [-0.4, -0.2) is 18.1 Å². The summed E-state index contributed by atoms with van der Waals surface area (Å²) in [6.07, 6.45) is 0. The van der Waals surface area contributed by atoms with Crippen LogP contribution in [0.2, 0.25) is 0 Å². The standard InChI is InChI=1S/C15H16N2O2/c1-17(13-6-2-11(10-16)3-7-13)15(19)12-4-8-14(18)9-5-12/h2-9,18H,10,16H2,1H3. The minimum Gasteiger partial charge on any atom is -0.508 e. The van der Waals surface area contributed by atoms with Crippen molar-refractivity contribution >= 4 is 11.6 Å². The van der Waals surface area contributed by atoms with Crippen LogP contribution in [0.4, 0.5) is 5.69 Å². The number of aromatic hydroxyl groups is 1. The number of carbonyl (C=O) groups is 1. The van der Waals surface area contributed by atoms with Crippen molar-refractivity contribution in [1.29, 1.82) is 0 Å². The van der Waals surface area contributed by atoms with E-state index in [0.717, 1.165) is 11.3 Å². The van der Waals surface area contributed by atoms with Gasteiger partial charge < -0.3 is 15.7 Å². The number of nitrogens with two attached hydrogens (primary N) is 1. The summed E-state index contributed by atoms with van der Waals surface area (Å²) in [7, 11) is 1.71. The number of carbonyl (C=O) groups excluding carboxylic acids is 1. The van der Waals surface area contributed by atoms with Gasteiger partial charge in [-0.05, 0) is 42.0 Å². The second-order valence-corrected chi connectivity index (χ2v) is 4.28. The first-order chi connectivity index (χ1) is 9.11. The number of phenols is 1. The van der Waals surface area contributed by atoms with Crippen LogP contribution in [0.15, 0.2) is 48.5 Å². The lowest BCUT2D eigenvalue weighted by atomic mass is 10.1. The maximum absolute atomic E-state index is 12.2. The van der Waals surface area contributed by atoms with Gasteiger partial charge in [-0.3, -0.25) is 4.79 Å². The fraction of sp³-hybridized carbons (Fsp3) is 0.133. The molecule has 0 bridgehead atoms. The van der Waals surface area contributed by atoms with Gasteiger partial charge in [0, 0.05) is 24.8 Å². The molecule has 19 heavy (non-hydrogen) atoms. The lowest BCUT2D eigenvalue weighted by molar-refractivity contribution is 0.0993. The van der Waals surface area contributed by atoms with Crippen LogP contribution in [0.3, 0.4) is 0 Å². The Balaban J connectivity index is 2.20. The molecular weight excluding hydrogens is 240 g/mol. The fourth-order valence-corrected chi connectivity index (χ4v) is 1.77. The molecule has 2 aromatic carbocycles.